The average molecular weight is 486 g/mol. The van der Waals surface area contributed by atoms with Crippen LogP contribution in [0.2, 0.25) is 0 Å². The van der Waals surface area contributed by atoms with E-state index >= 15 is 0 Å². The first-order valence-corrected chi connectivity index (χ1v) is 12.5. The Bertz CT molecular complexity index is 1360. The zero-order valence-electron chi connectivity index (χ0n) is 19.3. The summed E-state index contributed by atoms with van der Waals surface area (Å²) in [5.41, 5.74) is 3.68. The maximum Gasteiger partial charge on any atom is 0.273 e. The van der Waals surface area contributed by atoms with Crippen molar-refractivity contribution in [2.45, 2.75) is 25.9 Å². The summed E-state index contributed by atoms with van der Waals surface area (Å²) in [5.74, 6) is 0.301. The molecule has 0 saturated carbocycles. The molecule has 7 nitrogen and oxygen atoms in total. The number of aromatic nitrogens is 3. The van der Waals surface area contributed by atoms with Crippen molar-refractivity contribution in [2.75, 3.05) is 13.1 Å². The molecule has 0 radical (unpaired) electrons. The number of amides is 1. The third-order valence-corrected chi connectivity index (χ3v) is 6.73. The highest BCUT2D eigenvalue weighted by Crippen LogP contribution is 2.20. The van der Waals surface area contributed by atoms with Crippen LogP contribution in [0.15, 0.2) is 83.1 Å². The minimum atomic E-state index is -0.237. The maximum atomic E-state index is 12.5. The summed E-state index contributed by atoms with van der Waals surface area (Å²) in [6, 6.07) is 18.3. The van der Waals surface area contributed by atoms with Gasteiger partial charge in [-0.2, -0.15) is 0 Å². The number of hydrogen-bond donors (Lipinski definition) is 2. The number of nitrogens with zero attached hydrogens (tertiary/aromatic N) is 3. The fraction of sp³-hybridized carbons (Fsp3) is 0.222. The van der Waals surface area contributed by atoms with Gasteiger partial charge in [-0.05, 0) is 41.6 Å². The molecule has 8 heteroatoms. The molecular formula is C27H27N5O2S. The van der Waals surface area contributed by atoms with Crippen LogP contribution in [-0.4, -0.2) is 38.8 Å². The van der Waals surface area contributed by atoms with E-state index in [4.69, 9.17) is 4.42 Å². The number of rotatable bonds is 11. The van der Waals surface area contributed by atoms with Crippen molar-refractivity contribution in [3.8, 4) is 0 Å². The molecule has 4 aromatic heterocycles. The Labute approximate surface area is 207 Å². The average Bonchev–Trinajstić information content (AvgIpc) is 3.65. The van der Waals surface area contributed by atoms with Crippen molar-refractivity contribution in [3.05, 3.63) is 106 Å². The topological polar surface area (TPSA) is 87.0 Å². The molecule has 0 atom stereocenters. The molecular weight excluding hydrogens is 458 g/mol. The minimum absolute atomic E-state index is 0.237. The van der Waals surface area contributed by atoms with Gasteiger partial charge >= 0.3 is 0 Å². The van der Waals surface area contributed by atoms with Crippen molar-refractivity contribution in [1.29, 1.82) is 0 Å². The number of pyridine rings is 1. The van der Waals surface area contributed by atoms with E-state index in [0.29, 0.717) is 31.1 Å². The Balaban J connectivity index is 1.20. The van der Waals surface area contributed by atoms with Crippen LogP contribution in [0.25, 0.3) is 10.9 Å². The van der Waals surface area contributed by atoms with E-state index in [1.807, 2.05) is 24.3 Å². The standard InChI is InChI=1S/C27H27N5O2S/c33-27(29-13-10-21-6-3-4-12-28-21)25-19-34-26(31-25)18-32(17-22-7-5-15-35-22)14-11-20-16-30-24-9-2-1-8-23(20)24/h1-9,12,15-16,19,30H,10-11,13-14,17-18H2,(H,29,33). The number of para-hydroxylation sites is 1. The number of thiophene rings is 1. The van der Waals surface area contributed by atoms with Crippen LogP contribution >= 0.6 is 11.3 Å². The van der Waals surface area contributed by atoms with Crippen LogP contribution in [0.3, 0.4) is 0 Å². The second-order valence-electron chi connectivity index (χ2n) is 8.35. The molecule has 0 aliphatic carbocycles. The number of aromatic amines is 1. The number of fused-ring (bicyclic) bond motifs is 1. The fourth-order valence-electron chi connectivity index (χ4n) is 4.07. The third-order valence-electron chi connectivity index (χ3n) is 5.87. The molecule has 0 fully saturated rings. The number of carbonyl (C=O) groups excluding carboxylic acids is 1. The molecule has 1 amide bonds. The van der Waals surface area contributed by atoms with Gasteiger partial charge in [0.1, 0.15) is 6.26 Å². The second-order valence-corrected chi connectivity index (χ2v) is 9.39. The normalized spacial score (nSPS) is 11.3. The zero-order valence-corrected chi connectivity index (χ0v) is 20.1. The lowest BCUT2D eigenvalue weighted by molar-refractivity contribution is 0.0949. The van der Waals surface area contributed by atoms with Crippen LogP contribution in [0, 0.1) is 0 Å². The highest BCUT2D eigenvalue weighted by Gasteiger charge is 2.16. The van der Waals surface area contributed by atoms with Crippen molar-refractivity contribution in [2.24, 2.45) is 0 Å². The second kappa shape index (κ2) is 11.1. The lowest BCUT2D eigenvalue weighted by Crippen LogP contribution is -2.27. The Kier molecular flexibility index (Phi) is 7.31. The number of H-pyrrole nitrogens is 1. The Morgan fingerprint density at radius 1 is 1.06 bits per heavy atom. The van der Waals surface area contributed by atoms with Gasteiger partial charge in [0, 0.05) is 59.9 Å². The van der Waals surface area contributed by atoms with Gasteiger partial charge in [0.15, 0.2) is 5.69 Å². The molecule has 178 valence electrons. The van der Waals surface area contributed by atoms with Gasteiger partial charge in [0.2, 0.25) is 5.89 Å². The van der Waals surface area contributed by atoms with E-state index in [-0.39, 0.29) is 5.91 Å². The van der Waals surface area contributed by atoms with E-state index in [1.165, 1.54) is 22.1 Å². The molecule has 0 aliphatic heterocycles. The number of carbonyl (C=O) groups is 1. The van der Waals surface area contributed by atoms with Gasteiger partial charge in [-0.1, -0.05) is 30.3 Å². The number of hydrogen-bond acceptors (Lipinski definition) is 6. The number of benzene rings is 1. The summed E-state index contributed by atoms with van der Waals surface area (Å²) >= 11 is 1.74. The van der Waals surface area contributed by atoms with Crippen LogP contribution < -0.4 is 5.32 Å². The van der Waals surface area contributed by atoms with E-state index in [9.17, 15) is 4.79 Å². The largest absolute Gasteiger partial charge is 0.447 e. The Hall–Kier alpha value is -3.75. The first-order chi connectivity index (χ1) is 17.2. The quantitative estimate of drug-likeness (QED) is 0.280. The Morgan fingerprint density at radius 2 is 1.97 bits per heavy atom. The van der Waals surface area contributed by atoms with Crippen LogP contribution in [0.5, 0.6) is 0 Å². The fourth-order valence-corrected chi connectivity index (χ4v) is 4.82. The molecule has 4 heterocycles. The summed E-state index contributed by atoms with van der Waals surface area (Å²) < 4.78 is 5.68. The van der Waals surface area contributed by atoms with Crippen LogP contribution in [0.1, 0.15) is 32.5 Å². The lowest BCUT2D eigenvalue weighted by Gasteiger charge is -2.20. The molecule has 0 bridgehead atoms. The molecule has 0 spiro atoms. The zero-order chi connectivity index (χ0) is 23.9. The van der Waals surface area contributed by atoms with Gasteiger partial charge in [0.05, 0.1) is 6.54 Å². The predicted molar refractivity (Wildman–Crippen MR) is 137 cm³/mol. The molecule has 5 rings (SSSR count). The van der Waals surface area contributed by atoms with Gasteiger partial charge in [-0.15, -0.1) is 11.3 Å². The predicted octanol–water partition coefficient (Wildman–Crippen LogP) is 4.83. The van der Waals surface area contributed by atoms with E-state index in [2.05, 4.69) is 67.1 Å². The highest BCUT2D eigenvalue weighted by atomic mass is 32.1. The summed E-state index contributed by atoms with van der Waals surface area (Å²) in [7, 11) is 0. The summed E-state index contributed by atoms with van der Waals surface area (Å²) in [5, 5.41) is 6.24. The molecule has 0 unspecified atom stereocenters. The minimum Gasteiger partial charge on any atom is -0.447 e. The van der Waals surface area contributed by atoms with Crippen molar-refractivity contribution in [1.82, 2.24) is 25.2 Å². The van der Waals surface area contributed by atoms with Crippen molar-refractivity contribution >= 4 is 28.1 Å². The van der Waals surface area contributed by atoms with Crippen molar-refractivity contribution in [3.63, 3.8) is 0 Å². The van der Waals surface area contributed by atoms with Crippen LogP contribution in [-0.2, 0) is 25.9 Å². The molecule has 1 aromatic carbocycles. The van der Waals surface area contributed by atoms with Gasteiger partial charge in [0.25, 0.3) is 5.91 Å². The highest BCUT2D eigenvalue weighted by molar-refractivity contribution is 7.09. The van der Waals surface area contributed by atoms with Crippen LogP contribution in [0.4, 0.5) is 0 Å². The molecule has 35 heavy (non-hydrogen) atoms. The van der Waals surface area contributed by atoms with E-state index in [1.54, 1.807) is 17.5 Å². The first-order valence-electron chi connectivity index (χ1n) is 11.7. The molecule has 0 aliphatic rings. The van der Waals surface area contributed by atoms with Gasteiger partial charge < -0.3 is 14.7 Å². The number of oxazole rings is 1. The first kappa shape index (κ1) is 23.0. The van der Waals surface area contributed by atoms with Gasteiger partial charge in [-0.3, -0.25) is 14.7 Å². The molecule has 5 aromatic rings. The molecule has 2 N–H and O–H groups in total. The third kappa shape index (κ3) is 6.03. The van der Waals surface area contributed by atoms with E-state index < -0.39 is 0 Å². The Morgan fingerprint density at radius 3 is 2.83 bits per heavy atom. The monoisotopic (exact) mass is 485 g/mol. The SMILES string of the molecule is O=C(NCCc1ccccn1)c1coc(CN(CCc2c[nH]c3ccccc23)Cc2cccs2)n1. The van der Waals surface area contributed by atoms with Crippen molar-refractivity contribution < 1.29 is 9.21 Å². The summed E-state index contributed by atoms with van der Waals surface area (Å²) in [6.07, 6.45) is 6.85. The van der Waals surface area contributed by atoms with Gasteiger partial charge in [-0.25, -0.2) is 4.98 Å². The summed E-state index contributed by atoms with van der Waals surface area (Å²) in [6.45, 7) is 2.66. The summed E-state index contributed by atoms with van der Waals surface area (Å²) in [4.78, 5) is 28.2. The molecule has 0 saturated heterocycles. The lowest BCUT2D eigenvalue weighted by atomic mass is 10.1. The van der Waals surface area contributed by atoms with E-state index in [0.717, 1.165) is 30.7 Å². The smallest absolute Gasteiger partial charge is 0.273 e. The maximum absolute atomic E-state index is 12.5. The number of nitrogens with one attached hydrogen (secondary N) is 2.